The number of aromatic nitrogens is 2. The Morgan fingerprint density at radius 1 is 1.19 bits per heavy atom. The van der Waals surface area contributed by atoms with E-state index in [0.29, 0.717) is 28.8 Å². The molecule has 0 aliphatic carbocycles. The Bertz CT molecular complexity index is 1190. The first kappa shape index (κ1) is 21.6. The number of ether oxygens (including phenoxy) is 1. The summed E-state index contributed by atoms with van der Waals surface area (Å²) < 4.78 is 6.88. The summed E-state index contributed by atoms with van der Waals surface area (Å²) in [6.07, 6.45) is 2.28. The predicted molar refractivity (Wildman–Crippen MR) is 126 cm³/mol. The van der Waals surface area contributed by atoms with E-state index < -0.39 is 0 Å². The number of nitrogens with one attached hydrogen (secondary N) is 1. The van der Waals surface area contributed by atoms with Crippen LogP contribution >= 0.6 is 0 Å². The second kappa shape index (κ2) is 9.25. The van der Waals surface area contributed by atoms with E-state index in [-0.39, 0.29) is 5.56 Å². The van der Waals surface area contributed by atoms with Crippen LogP contribution < -0.4 is 20.5 Å². The molecule has 1 aliphatic rings. The number of benzene rings is 2. The van der Waals surface area contributed by atoms with Gasteiger partial charge >= 0.3 is 0 Å². The smallest absolute Gasteiger partial charge is 0.263 e. The Morgan fingerprint density at radius 2 is 1.88 bits per heavy atom. The van der Waals surface area contributed by atoms with Crippen LogP contribution in [0.25, 0.3) is 22.4 Å². The molecule has 1 unspecified atom stereocenters. The van der Waals surface area contributed by atoms with E-state index in [1.54, 1.807) is 30.9 Å². The van der Waals surface area contributed by atoms with Crippen molar-refractivity contribution in [3.63, 3.8) is 0 Å². The molecule has 164 valence electrons. The third-order valence-corrected chi connectivity index (χ3v) is 5.93. The van der Waals surface area contributed by atoms with Gasteiger partial charge in [0.05, 0.1) is 30.0 Å². The number of rotatable bonds is 6. The summed E-state index contributed by atoms with van der Waals surface area (Å²) in [5.41, 5.74) is 3.13. The van der Waals surface area contributed by atoms with Crippen LogP contribution in [0.2, 0.25) is 0 Å². The molecule has 32 heavy (non-hydrogen) atoms. The van der Waals surface area contributed by atoms with Crippen LogP contribution in [0.1, 0.15) is 18.4 Å². The average Bonchev–Trinajstić information content (AvgIpc) is 3.34. The van der Waals surface area contributed by atoms with Crippen molar-refractivity contribution in [2.45, 2.75) is 18.9 Å². The van der Waals surface area contributed by atoms with Crippen molar-refractivity contribution in [2.75, 3.05) is 32.1 Å². The molecule has 4 rings (SSSR count). The van der Waals surface area contributed by atoms with Gasteiger partial charge in [0.1, 0.15) is 5.75 Å². The maximum atomic E-state index is 13.6. The molecule has 2 heterocycles. The third-order valence-electron chi connectivity index (χ3n) is 5.93. The molecular formula is C25H27N5O2. The summed E-state index contributed by atoms with van der Waals surface area (Å²) in [6.45, 7) is 1.80. The zero-order valence-corrected chi connectivity index (χ0v) is 18.6. The molecule has 1 saturated heterocycles. The van der Waals surface area contributed by atoms with Gasteiger partial charge in [0, 0.05) is 32.2 Å². The van der Waals surface area contributed by atoms with Crippen molar-refractivity contribution < 1.29 is 4.74 Å². The molecule has 7 nitrogen and oxygen atoms in total. The first-order valence-corrected chi connectivity index (χ1v) is 10.7. The van der Waals surface area contributed by atoms with Crippen molar-refractivity contribution >= 4 is 5.95 Å². The van der Waals surface area contributed by atoms with Crippen LogP contribution in [0.4, 0.5) is 5.95 Å². The summed E-state index contributed by atoms with van der Waals surface area (Å²) in [6, 6.07) is 17.1. The van der Waals surface area contributed by atoms with Crippen LogP contribution in [-0.4, -0.2) is 42.8 Å². The normalized spacial score (nSPS) is 15.4. The van der Waals surface area contributed by atoms with E-state index >= 15 is 0 Å². The van der Waals surface area contributed by atoms with E-state index in [9.17, 15) is 10.1 Å². The number of anilines is 1. The van der Waals surface area contributed by atoms with Crippen molar-refractivity contribution in [1.82, 2.24) is 14.9 Å². The van der Waals surface area contributed by atoms with Gasteiger partial charge in [-0.2, -0.15) is 5.26 Å². The van der Waals surface area contributed by atoms with E-state index in [2.05, 4.69) is 11.4 Å². The Morgan fingerprint density at radius 3 is 2.47 bits per heavy atom. The molecule has 0 bridgehead atoms. The van der Waals surface area contributed by atoms with Gasteiger partial charge in [-0.05, 0) is 49.2 Å². The molecule has 0 radical (unpaired) electrons. The topological polar surface area (TPSA) is 83.2 Å². The maximum absolute atomic E-state index is 13.6. The standard InChI is InChI=1S/C25H27N5O2/c1-29(16-20-5-4-14-27-20)25-28-23(19-8-6-17(15-26)7-9-19)22(24(31)30(25)2)18-10-12-21(32-3)13-11-18/h6-13,20,27H,4-5,14,16H2,1-3H3. The lowest BCUT2D eigenvalue weighted by atomic mass is 9.99. The summed E-state index contributed by atoms with van der Waals surface area (Å²) >= 11 is 0. The summed E-state index contributed by atoms with van der Waals surface area (Å²) in [5, 5.41) is 12.7. The lowest BCUT2D eigenvalue weighted by molar-refractivity contribution is 0.415. The quantitative estimate of drug-likeness (QED) is 0.648. The van der Waals surface area contributed by atoms with Crippen LogP contribution in [0.5, 0.6) is 5.75 Å². The molecule has 1 aliphatic heterocycles. The molecule has 7 heteroatoms. The minimum Gasteiger partial charge on any atom is -0.497 e. The zero-order valence-electron chi connectivity index (χ0n) is 18.6. The van der Waals surface area contributed by atoms with E-state index in [1.165, 1.54) is 0 Å². The first-order valence-electron chi connectivity index (χ1n) is 10.7. The van der Waals surface area contributed by atoms with Crippen LogP contribution in [0.15, 0.2) is 53.3 Å². The van der Waals surface area contributed by atoms with Gasteiger partial charge in [-0.25, -0.2) is 4.98 Å². The van der Waals surface area contributed by atoms with Crippen LogP contribution in [0.3, 0.4) is 0 Å². The molecule has 1 fully saturated rings. The van der Waals surface area contributed by atoms with Crippen molar-refractivity contribution in [1.29, 1.82) is 5.26 Å². The van der Waals surface area contributed by atoms with Gasteiger partial charge in [-0.15, -0.1) is 0 Å². The van der Waals surface area contributed by atoms with Gasteiger partial charge in [0.15, 0.2) is 0 Å². The number of nitrogens with zero attached hydrogens (tertiary/aromatic N) is 4. The number of hydrogen-bond donors (Lipinski definition) is 1. The fraction of sp³-hybridized carbons (Fsp3) is 0.320. The second-order valence-corrected chi connectivity index (χ2v) is 8.09. The highest BCUT2D eigenvalue weighted by Gasteiger charge is 2.22. The molecule has 0 amide bonds. The van der Waals surface area contributed by atoms with Gasteiger partial charge in [0.2, 0.25) is 5.95 Å². The highest BCUT2D eigenvalue weighted by Crippen LogP contribution is 2.31. The summed E-state index contributed by atoms with van der Waals surface area (Å²) in [7, 11) is 5.35. The third kappa shape index (κ3) is 4.23. The van der Waals surface area contributed by atoms with E-state index in [1.807, 2.05) is 48.3 Å². The molecule has 2 aromatic carbocycles. The molecule has 1 atom stereocenters. The van der Waals surface area contributed by atoms with Gasteiger partial charge in [0.25, 0.3) is 5.56 Å². The first-order chi connectivity index (χ1) is 15.5. The fourth-order valence-electron chi connectivity index (χ4n) is 4.19. The minimum atomic E-state index is -0.120. The SMILES string of the molecule is COc1ccc(-c2c(-c3ccc(C#N)cc3)nc(N(C)CC3CCCN3)n(C)c2=O)cc1. The van der Waals surface area contributed by atoms with Gasteiger partial charge < -0.3 is 15.0 Å². The van der Waals surface area contributed by atoms with Crippen LogP contribution in [-0.2, 0) is 7.05 Å². The number of likely N-dealkylation sites (N-methyl/N-ethyl adjacent to an activating group) is 1. The zero-order chi connectivity index (χ0) is 22.7. The minimum absolute atomic E-state index is 0.120. The Kier molecular flexibility index (Phi) is 6.24. The monoisotopic (exact) mass is 429 g/mol. The highest BCUT2D eigenvalue weighted by atomic mass is 16.5. The molecule has 0 saturated carbocycles. The maximum Gasteiger partial charge on any atom is 0.263 e. The molecule has 0 spiro atoms. The second-order valence-electron chi connectivity index (χ2n) is 8.09. The Balaban J connectivity index is 1.86. The highest BCUT2D eigenvalue weighted by molar-refractivity contribution is 5.81. The molecule has 1 aromatic heterocycles. The molecule has 1 N–H and O–H groups in total. The molecular weight excluding hydrogens is 402 g/mol. The lowest BCUT2D eigenvalue weighted by Gasteiger charge is -2.25. The lowest BCUT2D eigenvalue weighted by Crippen LogP contribution is -2.38. The van der Waals surface area contributed by atoms with Gasteiger partial charge in [-0.1, -0.05) is 24.3 Å². The number of hydrogen-bond acceptors (Lipinski definition) is 6. The predicted octanol–water partition coefficient (Wildman–Crippen LogP) is 3.18. The van der Waals surface area contributed by atoms with Crippen LogP contribution in [0, 0.1) is 11.3 Å². The summed E-state index contributed by atoms with van der Waals surface area (Å²) in [4.78, 5) is 20.6. The fourth-order valence-corrected chi connectivity index (χ4v) is 4.19. The Labute approximate surface area is 187 Å². The summed E-state index contributed by atoms with van der Waals surface area (Å²) in [5.74, 6) is 1.33. The van der Waals surface area contributed by atoms with E-state index in [4.69, 9.17) is 9.72 Å². The molecule has 3 aromatic rings. The Hall–Kier alpha value is -3.63. The number of methoxy groups -OCH3 is 1. The van der Waals surface area contributed by atoms with E-state index in [0.717, 1.165) is 42.8 Å². The number of nitriles is 1. The largest absolute Gasteiger partial charge is 0.497 e. The van der Waals surface area contributed by atoms with Crippen molar-refractivity contribution in [3.05, 3.63) is 64.4 Å². The van der Waals surface area contributed by atoms with Crippen molar-refractivity contribution in [3.8, 4) is 34.2 Å². The van der Waals surface area contributed by atoms with Crippen molar-refractivity contribution in [2.24, 2.45) is 7.05 Å². The average molecular weight is 430 g/mol. The van der Waals surface area contributed by atoms with Gasteiger partial charge in [-0.3, -0.25) is 9.36 Å².